The minimum Gasteiger partial charge on any atom is -0.481 e. The third-order valence-corrected chi connectivity index (χ3v) is 6.27. The number of hydrogen-bond acceptors (Lipinski definition) is 7. The van der Waals surface area contributed by atoms with E-state index in [2.05, 4.69) is 20.9 Å². The van der Waals surface area contributed by atoms with Crippen LogP contribution in [0, 0.1) is 5.92 Å². The van der Waals surface area contributed by atoms with Gasteiger partial charge in [0.05, 0.1) is 6.04 Å². The van der Waals surface area contributed by atoms with Crippen LogP contribution < -0.4 is 33.2 Å². The molecule has 11 N–H and O–H groups in total. The zero-order chi connectivity index (χ0) is 30.2. The summed E-state index contributed by atoms with van der Waals surface area (Å²) in [4.78, 5) is 65.7. The zero-order valence-corrected chi connectivity index (χ0v) is 22.8. The molecule has 0 spiro atoms. The summed E-state index contributed by atoms with van der Waals surface area (Å²) < 4.78 is 0. The number of aliphatic carboxylic acids is 2. The Kier molecular flexibility index (Phi) is 14.7. The Hall–Kier alpha value is -4.20. The van der Waals surface area contributed by atoms with Crippen LogP contribution in [0.5, 0.6) is 0 Å². The molecule has 0 heterocycles. The van der Waals surface area contributed by atoms with E-state index >= 15 is 0 Å². The van der Waals surface area contributed by atoms with Crippen molar-refractivity contribution in [1.82, 2.24) is 16.0 Å². The van der Waals surface area contributed by atoms with Gasteiger partial charge in [0.2, 0.25) is 17.7 Å². The number of hydrogen-bond donors (Lipinski definition) is 8. The number of carbonyl (C=O) groups excluding carboxylic acids is 3. The maximum atomic E-state index is 13.3. The molecule has 40 heavy (non-hydrogen) atoms. The maximum absolute atomic E-state index is 13.3. The van der Waals surface area contributed by atoms with Crippen LogP contribution in [0.4, 0.5) is 0 Å². The van der Waals surface area contributed by atoms with E-state index in [4.69, 9.17) is 22.3 Å². The highest BCUT2D eigenvalue weighted by Gasteiger charge is 2.32. The van der Waals surface area contributed by atoms with Crippen molar-refractivity contribution >= 4 is 35.6 Å². The second-order valence-corrected chi connectivity index (χ2v) is 9.51. The number of nitrogens with one attached hydrogen (secondary N) is 3. The SMILES string of the molecule is CCC(C)C(NC(=O)C(N)CCC(=O)O)C(=O)NC(CCCN=C(N)N)C(=O)NC(Cc1ccccc1)C(=O)O. The van der Waals surface area contributed by atoms with Gasteiger partial charge in [0.25, 0.3) is 0 Å². The van der Waals surface area contributed by atoms with Gasteiger partial charge in [-0.1, -0.05) is 50.6 Å². The third-order valence-electron chi connectivity index (χ3n) is 6.27. The Morgan fingerprint density at radius 3 is 2.08 bits per heavy atom. The van der Waals surface area contributed by atoms with E-state index in [0.29, 0.717) is 12.0 Å². The Balaban J connectivity index is 3.08. The first-order valence-electron chi connectivity index (χ1n) is 13.1. The van der Waals surface area contributed by atoms with Crippen molar-refractivity contribution in [2.45, 2.75) is 76.5 Å². The predicted octanol–water partition coefficient (Wildman–Crippen LogP) is -0.940. The van der Waals surface area contributed by atoms with Crippen molar-refractivity contribution < 1.29 is 34.2 Å². The molecule has 0 saturated heterocycles. The van der Waals surface area contributed by atoms with E-state index in [9.17, 15) is 29.1 Å². The summed E-state index contributed by atoms with van der Waals surface area (Å²) in [5, 5.41) is 26.2. The molecule has 0 aliphatic rings. The summed E-state index contributed by atoms with van der Waals surface area (Å²) in [5.41, 5.74) is 17.2. The average molecular weight is 564 g/mol. The zero-order valence-electron chi connectivity index (χ0n) is 22.8. The molecule has 1 aromatic rings. The number of rotatable bonds is 18. The fraction of sp³-hybridized carbons (Fsp3) is 0.538. The van der Waals surface area contributed by atoms with E-state index in [-0.39, 0.29) is 50.5 Å². The minimum absolute atomic E-state index is 0.0242. The molecular weight excluding hydrogens is 522 g/mol. The normalized spacial score (nSPS) is 14.5. The standard InChI is InChI=1S/C26H41N7O7/c1-3-15(2)21(33-22(36)17(27)11-12-20(34)35)24(38)31-18(10-7-13-30-26(28)29)23(37)32-19(25(39)40)14-16-8-5-4-6-9-16/h4-6,8-9,15,17-19,21H,3,7,10-14,27H2,1-2H3,(H,31,38)(H,32,37)(H,33,36)(H,34,35)(H,39,40)(H4,28,29,30). The van der Waals surface area contributed by atoms with Crippen molar-refractivity contribution in [3.8, 4) is 0 Å². The van der Waals surface area contributed by atoms with Crippen LogP contribution in [0.25, 0.3) is 0 Å². The Labute approximate surface area is 233 Å². The quantitative estimate of drug-likeness (QED) is 0.0618. The second kappa shape index (κ2) is 17.4. The fourth-order valence-corrected chi connectivity index (χ4v) is 3.73. The maximum Gasteiger partial charge on any atom is 0.326 e. The molecule has 14 heteroatoms. The first-order chi connectivity index (χ1) is 18.8. The Bertz CT molecular complexity index is 1030. The molecule has 5 unspecified atom stereocenters. The van der Waals surface area contributed by atoms with Gasteiger partial charge < -0.3 is 43.4 Å². The largest absolute Gasteiger partial charge is 0.481 e. The van der Waals surface area contributed by atoms with Gasteiger partial charge >= 0.3 is 11.9 Å². The van der Waals surface area contributed by atoms with Crippen molar-refractivity contribution in [2.75, 3.05) is 6.54 Å². The molecular formula is C26H41N7O7. The van der Waals surface area contributed by atoms with E-state index in [1.165, 1.54) is 0 Å². The highest BCUT2D eigenvalue weighted by atomic mass is 16.4. The lowest BCUT2D eigenvalue weighted by Gasteiger charge is -2.28. The van der Waals surface area contributed by atoms with Gasteiger partial charge in [-0.2, -0.15) is 0 Å². The van der Waals surface area contributed by atoms with Crippen molar-refractivity contribution in [2.24, 2.45) is 28.1 Å². The van der Waals surface area contributed by atoms with Crippen molar-refractivity contribution in [3.63, 3.8) is 0 Å². The summed E-state index contributed by atoms with van der Waals surface area (Å²) in [6.45, 7) is 3.70. The van der Waals surface area contributed by atoms with Gasteiger partial charge in [0.15, 0.2) is 5.96 Å². The first kappa shape index (κ1) is 33.8. The van der Waals surface area contributed by atoms with Crippen LogP contribution in [0.2, 0.25) is 0 Å². The number of benzene rings is 1. The Morgan fingerprint density at radius 1 is 0.900 bits per heavy atom. The fourth-order valence-electron chi connectivity index (χ4n) is 3.73. The van der Waals surface area contributed by atoms with Crippen LogP contribution in [0.15, 0.2) is 35.3 Å². The van der Waals surface area contributed by atoms with E-state index in [1.807, 2.05) is 6.92 Å². The lowest BCUT2D eigenvalue weighted by molar-refractivity contribution is -0.142. The van der Waals surface area contributed by atoms with Crippen LogP contribution in [-0.4, -0.2) is 76.5 Å². The number of nitrogens with two attached hydrogens (primary N) is 3. The number of carboxylic acid groups (broad SMARTS) is 2. The highest BCUT2D eigenvalue weighted by molar-refractivity contribution is 5.94. The summed E-state index contributed by atoms with van der Waals surface area (Å²) in [7, 11) is 0. The van der Waals surface area contributed by atoms with E-state index < -0.39 is 53.8 Å². The monoisotopic (exact) mass is 563 g/mol. The third kappa shape index (κ3) is 12.6. The predicted molar refractivity (Wildman–Crippen MR) is 148 cm³/mol. The first-order valence-corrected chi connectivity index (χ1v) is 13.1. The molecule has 222 valence electrons. The smallest absolute Gasteiger partial charge is 0.326 e. The Morgan fingerprint density at radius 2 is 1.52 bits per heavy atom. The molecule has 0 bridgehead atoms. The molecule has 0 saturated carbocycles. The topological polar surface area (TPSA) is 252 Å². The molecule has 0 aromatic heterocycles. The van der Waals surface area contributed by atoms with Gasteiger partial charge in [-0.15, -0.1) is 0 Å². The lowest BCUT2D eigenvalue weighted by Crippen LogP contribution is -2.58. The number of nitrogens with zero attached hydrogens (tertiary/aromatic N) is 1. The summed E-state index contributed by atoms with van der Waals surface area (Å²) in [6, 6.07) is 4.09. The van der Waals surface area contributed by atoms with Gasteiger partial charge in [-0.25, -0.2) is 4.79 Å². The molecule has 5 atom stereocenters. The summed E-state index contributed by atoms with van der Waals surface area (Å²) in [6.07, 6.45) is 0.432. The van der Waals surface area contributed by atoms with Crippen LogP contribution in [0.1, 0.15) is 51.5 Å². The molecule has 0 fully saturated rings. The van der Waals surface area contributed by atoms with Gasteiger partial charge in [-0.3, -0.25) is 24.2 Å². The lowest BCUT2D eigenvalue weighted by atomic mass is 9.96. The molecule has 3 amide bonds. The van der Waals surface area contributed by atoms with Gasteiger partial charge in [-0.05, 0) is 30.7 Å². The number of aliphatic imine (C=N–C) groups is 1. The summed E-state index contributed by atoms with van der Waals surface area (Å²) in [5.74, 6) is -4.98. The molecule has 0 aliphatic carbocycles. The highest BCUT2D eigenvalue weighted by Crippen LogP contribution is 2.11. The van der Waals surface area contributed by atoms with Gasteiger partial charge in [0.1, 0.15) is 18.1 Å². The minimum atomic E-state index is -1.26. The van der Waals surface area contributed by atoms with Gasteiger partial charge in [0, 0.05) is 19.4 Å². The average Bonchev–Trinajstić information content (AvgIpc) is 2.91. The van der Waals surface area contributed by atoms with Crippen LogP contribution in [0.3, 0.4) is 0 Å². The molecule has 1 aromatic carbocycles. The number of carboxylic acids is 2. The van der Waals surface area contributed by atoms with Crippen molar-refractivity contribution in [3.05, 3.63) is 35.9 Å². The van der Waals surface area contributed by atoms with E-state index in [1.54, 1.807) is 37.3 Å². The number of guanidine groups is 1. The van der Waals surface area contributed by atoms with Crippen LogP contribution in [-0.2, 0) is 30.4 Å². The van der Waals surface area contributed by atoms with E-state index in [0.717, 1.165) is 0 Å². The molecule has 1 rings (SSSR count). The molecule has 0 aliphatic heterocycles. The van der Waals surface area contributed by atoms with Crippen LogP contribution >= 0.6 is 0 Å². The number of carbonyl (C=O) groups is 5. The molecule has 0 radical (unpaired) electrons. The second-order valence-electron chi connectivity index (χ2n) is 9.51. The number of amides is 3. The van der Waals surface area contributed by atoms with Crippen molar-refractivity contribution in [1.29, 1.82) is 0 Å². The summed E-state index contributed by atoms with van der Waals surface area (Å²) >= 11 is 0. The molecule has 14 nitrogen and oxygen atoms in total.